The fourth-order valence-electron chi connectivity index (χ4n) is 3.05. The molecule has 2 heterocycles. The first-order valence-corrected chi connectivity index (χ1v) is 7.46. The number of nitrogens with zero attached hydrogens (tertiary/aromatic N) is 1. The topological polar surface area (TPSA) is 44.4 Å². The lowest BCUT2D eigenvalue weighted by Gasteiger charge is -2.31. The van der Waals surface area contributed by atoms with Crippen molar-refractivity contribution >= 4 is 5.91 Å². The number of carbonyl (C=O) groups is 1. The predicted octanol–water partition coefficient (Wildman–Crippen LogP) is 0.834. The van der Waals surface area contributed by atoms with Gasteiger partial charge in [0.25, 0.3) is 0 Å². The van der Waals surface area contributed by atoms with Gasteiger partial charge in [-0.1, -0.05) is 6.92 Å². The third-order valence-corrected chi connectivity index (χ3v) is 4.14. The lowest BCUT2D eigenvalue weighted by atomic mass is 9.99. The maximum absolute atomic E-state index is 11.9. The number of hydrogen-bond donors (Lipinski definition) is 2. The maximum atomic E-state index is 11.9. The van der Waals surface area contributed by atoms with Crippen molar-refractivity contribution in [1.82, 2.24) is 15.5 Å². The van der Waals surface area contributed by atoms with Crippen LogP contribution in [0.15, 0.2) is 0 Å². The van der Waals surface area contributed by atoms with Gasteiger partial charge < -0.3 is 15.5 Å². The molecule has 2 saturated heterocycles. The van der Waals surface area contributed by atoms with Gasteiger partial charge in [-0.05, 0) is 44.7 Å². The Morgan fingerprint density at radius 3 is 3.00 bits per heavy atom. The van der Waals surface area contributed by atoms with Crippen molar-refractivity contribution < 1.29 is 4.79 Å². The number of likely N-dealkylation sites (tertiary alicyclic amines) is 1. The zero-order chi connectivity index (χ0) is 12.8. The summed E-state index contributed by atoms with van der Waals surface area (Å²) in [6.45, 7) is 8.45. The van der Waals surface area contributed by atoms with Gasteiger partial charge >= 0.3 is 0 Å². The van der Waals surface area contributed by atoms with Crippen LogP contribution in [0.2, 0.25) is 0 Å². The Morgan fingerprint density at radius 2 is 2.28 bits per heavy atom. The van der Waals surface area contributed by atoms with Crippen LogP contribution in [-0.4, -0.2) is 50.1 Å². The van der Waals surface area contributed by atoms with Gasteiger partial charge in [0, 0.05) is 26.2 Å². The van der Waals surface area contributed by atoms with Crippen molar-refractivity contribution in [2.75, 3.05) is 39.3 Å². The van der Waals surface area contributed by atoms with E-state index < -0.39 is 0 Å². The van der Waals surface area contributed by atoms with Crippen LogP contribution in [0.3, 0.4) is 0 Å². The van der Waals surface area contributed by atoms with Crippen LogP contribution in [0.4, 0.5) is 0 Å². The van der Waals surface area contributed by atoms with Gasteiger partial charge in [-0.15, -0.1) is 0 Å². The Hall–Kier alpha value is -0.610. The van der Waals surface area contributed by atoms with Crippen molar-refractivity contribution in [2.24, 2.45) is 11.8 Å². The van der Waals surface area contributed by atoms with Crippen molar-refractivity contribution in [3.8, 4) is 0 Å². The Balaban J connectivity index is 1.60. The fourth-order valence-corrected chi connectivity index (χ4v) is 3.05. The minimum Gasteiger partial charge on any atom is -0.355 e. The van der Waals surface area contributed by atoms with Crippen LogP contribution in [0.1, 0.15) is 32.6 Å². The van der Waals surface area contributed by atoms with E-state index in [1.165, 1.54) is 25.9 Å². The first kappa shape index (κ1) is 13.8. The Kier molecular flexibility index (Phi) is 5.45. The molecule has 2 unspecified atom stereocenters. The zero-order valence-corrected chi connectivity index (χ0v) is 11.6. The highest BCUT2D eigenvalue weighted by atomic mass is 16.1. The SMILES string of the molecule is CC1CCCN(CCNC(=O)C2CCCNC2)C1. The van der Waals surface area contributed by atoms with Crippen LogP contribution >= 0.6 is 0 Å². The quantitative estimate of drug-likeness (QED) is 0.780. The number of hydrogen-bond acceptors (Lipinski definition) is 3. The maximum Gasteiger partial charge on any atom is 0.224 e. The molecule has 2 aliphatic heterocycles. The summed E-state index contributed by atoms with van der Waals surface area (Å²) in [7, 11) is 0. The monoisotopic (exact) mass is 253 g/mol. The summed E-state index contributed by atoms with van der Waals surface area (Å²) >= 11 is 0. The van der Waals surface area contributed by atoms with Gasteiger partial charge in [0.15, 0.2) is 0 Å². The Morgan fingerprint density at radius 1 is 1.39 bits per heavy atom. The molecule has 104 valence electrons. The van der Waals surface area contributed by atoms with E-state index in [9.17, 15) is 4.79 Å². The standard InChI is InChI=1S/C14H27N3O/c1-12-4-3-8-17(11-12)9-7-16-14(18)13-5-2-6-15-10-13/h12-13,15H,2-11H2,1H3,(H,16,18). The molecule has 0 saturated carbocycles. The van der Waals surface area contributed by atoms with E-state index in [0.29, 0.717) is 0 Å². The number of carbonyl (C=O) groups excluding carboxylic acids is 1. The van der Waals surface area contributed by atoms with E-state index in [4.69, 9.17) is 0 Å². The summed E-state index contributed by atoms with van der Waals surface area (Å²) < 4.78 is 0. The van der Waals surface area contributed by atoms with E-state index in [1.54, 1.807) is 0 Å². The van der Waals surface area contributed by atoms with Crippen LogP contribution in [0, 0.1) is 11.8 Å². The molecule has 2 atom stereocenters. The third kappa shape index (κ3) is 4.25. The highest BCUT2D eigenvalue weighted by Gasteiger charge is 2.21. The first-order valence-electron chi connectivity index (χ1n) is 7.46. The van der Waals surface area contributed by atoms with E-state index in [2.05, 4.69) is 22.5 Å². The Bertz CT molecular complexity index is 264. The highest BCUT2D eigenvalue weighted by Crippen LogP contribution is 2.14. The summed E-state index contributed by atoms with van der Waals surface area (Å²) in [5.74, 6) is 1.25. The molecule has 0 aromatic carbocycles. The summed E-state index contributed by atoms with van der Waals surface area (Å²) in [6, 6.07) is 0. The van der Waals surface area contributed by atoms with Crippen molar-refractivity contribution in [2.45, 2.75) is 32.6 Å². The zero-order valence-electron chi connectivity index (χ0n) is 11.6. The third-order valence-electron chi connectivity index (χ3n) is 4.14. The molecule has 2 N–H and O–H groups in total. The minimum absolute atomic E-state index is 0.194. The molecule has 18 heavy (non-hydrogen) atoms. The molecule has 0 aliphatic carbocycles. The molecule has 0 aromatic rings. The lowest BCUT2D eigenvalue weighted by molar-refractivity contribution is -0.125. The molecule has 4 nitrogen and oxygen atoms in total. The summed E-state index contributed by atoms with van der Waals surface area (Å²) in [5, 5.41) is 6.38. The van der Waals surface area contributed by atoms with Gasteiger partial charge in [0.05, 0.1) is 5.92 Å². The smallest absolute Gasteiger partial charge is 0.224 e. The summed E-state index contributed by atoms with van der Waals surface area (Å²) in [4.78, 5) is 14.4. The molecule has 1 amide bonds. The van der Waals surface area contributed by atoms with Crippen molar-refractivity contribution in [3.05, 3.63) is 0 Å². The fraction of sp³-hybridized carbons (Fsp3) is 0.929. The van der Waals surface area contributed by atoms with E-state index in [0.717, 1.165) is 44.9 Å². The number of piperidine rings is 2. The summed E-state index contributed by atoms with van der Waals surface area (Å²) in [5.41, 5.74) is 0. The van der Waals surface area contributed by atoms with Crippen molar-refractivity contribution in [1.29, 1.82) is 0 Å². The van der Waals surface area contributed by atoms with E-state index in [1.807, 2.05) is 0 Å². The van der Waals surface area contributed by atoms with Gasteiger partial charge in [0.1, 0.15) is 0 Å². The molecular weight excluding hydrogens is 226 g/mol. The van der Waals surface area contributed by atoms with Crippen molar-refractivity contribution in [3.63, 3.8) is 0 Å². The molecule has 2 aliphatic rings. The molecule has 0 bridgehead atoms. The predicted molar refractivity (Wildman–Crippen MR) is 73.4 cm³/mol. The highest BCUT2D eigenvalue weighted by molar-refractivity contribution is 5.78. The molecule has 0 radical (unpaired) electrons. The summed E-state index contributed by atoms with van der Waals surface area (Å²) in [6.07, 6.45) is 4.83. The second kappa shape index (κ2) is 7.10. The molecular formula is C14H27N3O. The lowest BCUT2D eigenvalue weighted by Crippen LogP contribution is -2.44. The van der Waals surface area contributed by atoms with Gasteiger partial charge in [-0.3, -0.25) is 4.79 Å². The van der Waals surface area contributed by atoms with Crippen LogP contribution in [-0.2, 0) is 4.79 Å². The molecule has 2 rings (SSSR count). The molecule has 4 heteroatoms. The van der Waals surface area contributed by atoms with Gasteiger partial charge in [-0.2, -0.15) is 0 Å². The normalized spacial score (nSPS) is 30.1. The molecule has 0 spiro atoms. The van der Waals surface area contributed by atoms with E-state index >= 15 is 0 Å². The first-order chi connectivity index (χ1) is 8.75. The largest absolute Gasteiger partial charge is 0.355 e. The van der Waals surface area contributed by atoms with Crippen LogP contribution < -0.4 is 10.6 Å². The molecule has 2 fully saturated rings. The number of nitrogens with one attached hydrogen (secondary N) is 2. The Labute approximate surface area is 110 Å². The number of rotatable bonds is 4. The average molecular weight is 253 g/mol. The van der Waals surface area contributed by atoms with E-state index in [-0.39, 0.29) is 11.8 Å². The second-order valence-electron chi connectivity index (χ2n) is 5.88. The van der Waals surface area contributed by atoms with Gasteiger partial charge in [0.2, 0.25) is 5.91 Å². The number of amides is 1. The van der Waals surface area contributed by atoms with Crippen LogP contribution in [0.25, 0.3) is 0 Å². The van der Waals surface area contributed by atoms with Crippen LogP contribution in [0.5, 0.6) is 0 Å². The minimum atomic E-state index is 0.194. The molecule has 0 aromatic heterocycles. The second-order valence-corrected chi connectivity index (χ2v) is 5.88. The van der Waals surface area contributed by atoms with Gasteiger partial charge in [-0.25, -0.2) is 0 Å². The average Bonchev–Trinajstić information content (AvgIpc) is 2.40.